The minimum Gasteiger partial charge on any atom is -0.396 e. The van der Waals surface area contributed by atoms with Crippen LogP contribution in [0.4, 0.5) is 0 Å². The first-order chi connectivity index (χ1) is 7.31. The molecule has 0 unspecified atom stereocenters. The fourth-order valence-corrected chi connectivity index (χ4v) is 2.34. The second-order valence-electron chi connectivity index (χ2n) is 3.44. The Morgan fingerprint density at radius 3 is 2.53 bits per heavy atom. The van der Waals surface area contributed by atoms with Gasteiger partial charge in [-0.25, -0.2) is 4.98 Å². The molecule has 2 aromatic rings. The van der Waals surface area contributed by atoms with Crippen LogP contribution in [0.25, 0.3) is 10.4 Å². The molecule has 3 heteroatoms. The lowest BCUT2D eigenvalue weighted by Crippen LogP contribution is -1.89. The molecule has 1 N–H and O–H groups in total. The van der Waals surface area contributed by atoms with Crippen LogP contribution in [0.2, 0.25) is 0 Å². The van der Waals surface area contributed by atoms with Gasteiger partial charge in [-0.15, -0.1) is 11.3 Å². The van der Waals surface area contributed by atoms with Crippen molar-refractivity contribution in [2.24, 2.45) is 0 Å². The largest absolute Gasteiger partial charge is 0.396 e. The van der Waals surface area contributed by atoms with E-state index in [2.05, 4.69) is 29.2 Å². The molecule has 0 aliphatic carbocycles. The molecule has 0 bridgehead atoms. The van der Waals surface area contributed by atoms with E-state index in [9.17, 15) is 0 Å². The summed E-state index contributed by atoms with van der Waals surface area (Å²) in [6, 6.07) is 8.30. The molecule has 1 heterocycles. The number of aromatic nitrogens is 1. The highest BCUT2D eigenvalue weighted by Gasteiger charge is 2.03. The zero-order chi connectivity index (χ0) is 10.7. The van der Waals surface area contributed by atoms with E-state index in [1.54, 1.807) is 11.3 Å². The Morgan fingerprint density at radius 1 is 1.27 bits per heavy atom. The van der Waals surface area contributed by atoms with E-state index in [4.69, 9.17) is 5.11 Å². The number of hydrogen-bond acceptors (Lipinski definition) is 3. The summed E-state index contributed by atoms with van der Waals surface area (Å²) in [7, 11) is 0. The first-order valence-electron chi connectivity index (χ1n) is 4.91. The monoisotopic (exact) mass is 219 g/mol. The van der Waals surface area contributed by atoms with Gasteiger partial charge < -0.3 is 5.11 Å². The summed E-state index contributed by atoms with van der Waals surface area (Å²) in [6.45, 7) is 2.23. The van der Waals surface area contributed by atoms with Crippen LogP contribution >= 0.6 is 11.3 Å². The normalized spacial score (nSPS) is 10.5. The molecule has 0 fully saturated rings. The molecule has 1 aromatic carbocycles. The molecule has 0 radical (unpaired) electrons. The van der Waals surface area contributed by atoms with Crippen LogP contribution < -0.4 is 0 Å². The summed E-state index contributed by atoms with van der Waals surface area (Å²) in [5, 5.41) is 8.81. The van der Waals surface area contributed by atoms with Gasteiger partial charge in [-0.3, -0.25) is 0 Å². The van der Waals surface area contributed by atoms with Crippen LogP contribution in [0.15, 0.2) is 29.8 Å². The van der Waals surface area contributed by atoms with Gasteiger partial charge in [-0.2, -0.15) is 0 Å². The minimum absolute atomic E-state index is 0.207. The van der Waals surface area contributed by atoms with Gasteiger partial charge in [0, 0.05) is 6.61 Å². The topological polar surface area (TPSA) is 33.1 Å². The lowest BCUT2D eigenvalue weighted by atomic mass is 10.1. The van der Waals surface area contributed by atoms with Crippen molar-refractivity contribution in [2.75, 3.05) is 6.61 Å². The van der Waals surface area contributed by atoms with Crippen molar-refractivity contribution in [1.82, 2.24) is 4.98 Å². The van der Waals surface area contributed by atoms with E-state index in [1.165, 1.54) is 16.0 Å². The summed E-state index contributed by atoms with van der Waals surface area (Å²) in [4.78, 5) is 5.46. The zero-order valence-electron chi connectivity index (χ0n) is 8.60. The third-order valence-electron chi connectivity index (χ3n) is 2.36. The molecule has 0 saturated heterocycles. The third kappa shape index (κ3) is 2.25. The number of aryl methyl sites for hydroxylation is 1. The van der Waals surface area contributed by atoms with Crippen LogP contribution in [-0.4, -0.2) is 16.7 Å². The SMILES string of the molecule is Cc1ncsc1-c1ccc(CCO)cc1. The number of aliphatic hydroxyl groups is 1. The van der Waals surface area contributed by atoms with Gasteiger partial charge in [0.25, 0.3) is 0 Å². The molecule has 2 nitrogen and oxygen atoms in total. The van der Waals surface area contributed by atoms with E-state index in [1.807, 2.05) is 12.4 Å². The predicted molar refractivity (Wildman–Crippen MR) is 63.1 cm³/mol. The Bertz CT molecular complexity index is 433. The summed E-state index contributed by atoms with van der Waals surface area (Å²) in [6.07, 6.45) is 0.724. The Hall–Kier alpha value is -1.19. The van der Waals surface area contributed by atoms with Crippen molar-refractivity contribution in [3.8, 4) is 10.4 Å². The number of thiazole rings is 1. The molecule has 15 heavy (non-hydrogen) atoms. The lowest BCUT2D eigenvalue weighted by Gasteiger charge is -2.01. The molecular weight excluding hydrogens is 206 g/mol. The molecule has 78 valence electrons. The van der Waals surface area contributed by atoms with E-state index in [-0.39, 0.29) is 6.61 Å². The quantitative estimate of drug-likeness (QED) is 0.861. The highest BCUT2D eigenvalue weighted by Crippen LogP contribution is 2.27. The van der Waals surface area contributed by atoms with Crippen LogP contribution in [0, 0.1) is 6.92 Å². The number of rotatable bonds is 3. The number of benzene rings is 1. The standard InChI is InChI=1S/C12H13NOS/c1-9-12(15-8-13-9)11-4-2-10(3-5-11)6-7-14/h2-5,8,14H,6-7H2,1H3. The predicted octanol–water partition coefficient (Wildman–Crippen LogP) is 2.65. The van der Waals surface area contributed by atoms with Crippen molar-refractivity contribution < 1.29 is 5.11 Å². The maximum absolute atomic E-state index is 8.81. The molecule has 0 saturated carbocycles. The molecule has 0 amide bonds. The fraction of sp³-hybridized carbons (Fsp3) is 0.250. The van der Waals surface area contributed by atoms with E-state index < -0.39 is 0 Å². The average molecular weight is 219 g/mol. The highest BCUT2D eigenvalue weighted by molar-refractivity contribution is 7.13. The summed E-state index contributed by atoms with van der Waals surface area (Å²) >= 11 is 1.66. The summed E-state index contributed by atoms with van der Waals surface area (Å²) in [5.74, 6) is 0. The van der Waals surface area contributed by atoms with Crippen molar-refractivity contribution >= 4 is 11.3 Å². The van der Waals surface area contributed by atoms with Gasteiger partial charge >= 0.3 is 0 Å². The van der Waals surface area contributed by atoms with Crippen molar-refractivity contribution in [3.63, 3.8) is 0 Å². The van der Waals surface area contributed by atoms with Gasteiger partial charge in [0.1, 0.15) is 0 Å². The van der Waals surface area contributed by atoms with Crippen LogP contribution in [0.3, 0.4) is 0 Å². The fourth-order valence-electron chi connectivity index (χ4n) is 1.53. The van der Waals surface area contributed by atoms with E-state index in [0.29, 0.717) is 0 Å². The van der Waals surface area contributed by atoms with Crippen molar-refractivity contribution in [2.45, 2.75) is 13.3 Å². The molecule has 0 atom stereocenters. The number of hydrogen-bond donors (Lipinski definition) is 1. The van der Waals surface area contributed by atoms with Crippen LogP contribution in [-0.2, 0) is 6.42 Å². The minimum atomic E-state index is 0.207. The molecule has 1 aromatic heterocycles. The Morgan fingerprint density at radius 2 is 2.00 bits per heavy atom. The lowest BCUT2D eigenvalue weighted by molar-refractivity contribution is 0.299. The third-order valence-corrected chi connectivity index (χ3v) is 3.34. The van der Waals surface area contributed by atoms with E-state index in [0.717, 1.165) is 12.1 Å². The molecule has 2 rings (SSSR count). The van der Waals surface area contributed by atoms with Crippen LogP contribution in [0.1, 0.15) is 11.3 Å². The Balaban J connectivity index is 2.28. The van der Waals surface area contributed by atoms with Crippen LogP contribution in [0.5, 0.6) is 0 Å². The molecule has 0 aliphatic rings. The van der Waals surface area contributed by atoms with Gasteiger partial charge in [-0.1, -0.05) is 24.3 Å². The number of nitrogens with zero attached hydrogens (tertiary/aromatic N) is 1. The molecular formula is C12H13NOS. The smallest absolute Gasteiger partial charge is 0.0801 e. The second kappa shape index (κ2) is 4.55. The van der Waals surface area contributed by atoms with Crippen molar-refractivity contribution in [3.05, 3.63) is 41.0 Å². The Kier molecular flexibility index (Phi) is 3.14. The summed E-state index contributed by atoms with van der Waals surface area (Å²) < 4.78 is 0. The van der Waals surface area contributed by atoms with Gasteiger partial charge in [-0.05, 0) is 24.5 Å². The first kappa shape index (κ1) is 10.3. The Labute approximate surface area is 93.2 Å². The highest BCUT2D eigenvalue weighted by atomic mass is 32.1. The van der Waals surface area contributed by atoms with Crippen molar-refractivity contribution in [1.29, 1.82) is 0 Å². The van der Waals surface area contributed by atoms with Gasteiger partial charge in [0.05, 0.1) is 16.1 Å². The van der Waals surface area contributed by atoms with Gasteiger partial charge in [0.2, 0.25) is 0 Å². The first-order valence-corrected chi connectivity index (χ1v) is 5.79. The maximum Gasteiger partial charge on any atom is 0.0801 e. The average Bonchev–Trinajstić information content (AvgIpc) is 2.66. The summed E-state index contributed by atoms with van der Waals surface area (Å²) in [5.41, 5.74) is 5.32. The zero-order valence-corrected chi connectivity index (χ0v) is 9.42. The van der Waals surface area contributed by atoms with Gasteiger partial charge in [0.15, 0.2) is 0 Å². The second-order valence-corrected chi connectivity index (χ2v) is 4.29. The van der Waals surface area contributed by atoms with E-state index >= 15 is 0 Å². The number of aliphatic hydroxyl groups excluding tert-OH is 1. The molecule has 0 spiro atoms. The maximum atomic E-state index is 8.81. The molecule has 0 aliphatic heterocycles.